The molecule has 1 aromatic carbocycles. The van der Waals surface area contributed by atoms with E-state index in [2.05, 4.69) is 45.9 Å². The first kappa shape index (κ1) is 20.5. The van der Waals surface area contributed by atoms with Crippen molar-refractivity contribution in [3.8, 4) is 5.75 Å². The van der Waals surface area contributed by atoms with E-state index in [0.717, 1.165) is 12.2 Å². The molecule has 136 valence electrons. The van der Waals surface area contributed by atoms with E-state index in [9.17, 15) is 4.79 Å². The third-order valence-electron chi connectivity index (χ3n) is 4.42. The van der Waals surface area contributed by atoms with Gasteiger partial charge in [-0.15, -0.1) is 0 Å². The average molecular weight is 335 g/mol. The average Bonchev–Trinajstić information content (AvgIpc) is 2.56. The summed E-state index contributed by atoms with van der Waals surface area (Å²) >= 11 is 0. The van der Waals surface area contributed by atoms with Crippen LogP contribution in [0.25, 0.3) is 0 Å². The molecule has 0 aromatic heterocycles. The predicted molar refractivity (Wildman–Crippen MR) is 98.5 cm³/mol. The van der Waals surface area contributed by atoms with Crippen molar-refractivity contribution in [2.24, 2.45) is 11.7 Å². The van der Waals surface area contributed by atoms with Crippen LogP contribution in [0.1, 0.15) is 70.9 Å². The topological polar surface area (TPSA) is 61.6 Å². The largest absolute Gasteiger partial charge is 0.489 e. The van der Waals surface area contributed by atoms with E-state index < -0.39 is 6.04 Å². The lowest BCUT2D eigenvalue weighted by Gasteiger charge is -2.20. The van der Waals surface area contributed by atoms with Crippen LogP contribution in [0.2, 0.25) is 0 Å². The second kappa shape index (κ2) is 9.67. The molecular weight excluding hydrogens is 302 g/mol. The summed E-state index contributed by atoms with van der Waals surface area (Å²) in [6, 6.07) is 5.69. The zero-order valence-electron chi connectivity index (χ0n) is 16.0. The van der Waals surface area contributed by atoms with E-state index in [-0.39, 0.29) is 18.5 Å². The van der Waals surface area contributed by atoms with Gasteiger partial charge in [-0.3, -0.25) is 4.79 Å². The van der Waals surface area contributed by atoms with Crippen molar-refractivity contribution in [2.75, 3.05) is 13.2 Å². The van der Waals surface area contributed by atoms with Gasteiger partial charge in [-0.05, 0) is 28.9 Å². The second-order valence-electron chi connectivity index (χ2n) is 7.00. The Bertz CT molecular complexity index is 499. The molecule has 0 aliphatic heterocycles. The van der Waals surface area contributed by atoms with E-state index in [1.54, 1.807) is 0 Å². The smallest absolute Gasteiger partial charge is 0.323 e. The molecule has 0 fully saturated rings. The maximum Gasteiger partial charge on any atom is 0.323 e. The number of benzene rings is 1. The fourth-order valence-corrected chi connectivity index (χ4v) is 2.52. The Morgan fingerprint density at radius 2 is 1.58 bits per heavy atom. The molecule has 4 heteroatoms. The van der Waals surface area contributed by atoms with Crippen molar-refractivity contribution in [1.29, 1.82) is 0 Å². The number of para-hydroxylation sites is 1. The van der Waals surface area contributed by atoms with Crippen molar-refractivity contribution >= 4 is 5.97 Å². The molecule has 2 N–H and O–H groups in total. The zero-order chi connectivity index (χ0) is 18.3. The van der Waals surface area contributed by atoms with Gasteiger partial charge >= 0.3 is 5.97 Å². The van der Waals surface area contributed by atoms with Crippen molar-refractivity contribution in [2.45, 2.75) is 65.8 Å². The summed E-state index contributed by atoms with van der Waals surface area (Å²) in [4.78, 5) is 11.9. The summed E-state index contributed by atoms with van der Waals surface area (Å²) in [6.45, 7) is 13.1. The Morgan fingerprint density at radius 3 is 2.04 bits per heavy atom. The van der Waals surface area contributed by atoms with Crippen molar-refractivity contribution in [3.63, 3.8) is 0 Å². The monoisotopic (exact) mass is 335 g/mol. The van der Waals surface area contributed by atoms with Crippen molar-refractivity contribution in [1.82, 2.24) is 0 Å². The maximum atomic E-state index is 11.9. The quantitative estimate of drug-likeness (QED) is 0.542. The number of rotatable bonds is 9. The van der Waals surface area contributed by atoms with Crippen LogP contribution < -0.4 is 10.5 Å². The summed E-state index contributed by atoms with van der Waals surface area (Å²) in [6.07, 6.45) is 0.853. The summed E-state index contributed by atoms with van der Waals surface area (Å²) in [7, 11) is 0. The molecule has 4 nitrogen and oxygen atoms in total. The highest BCUT2D eigenvalue weighted by atomic mass is 16.6. The molecule has 0 amide bonds. The van der Waals surface area contributed by atoms with Gasteiger partial charge in [0.2, 0.25) is 0 Å². The maximum absolute atomic E-state index is 11.9. The summed E-state index contributed by atoms with van der Waals surface area (Å²) in [5.41, 5.74) is 8.25. The Labute approximate surface area is 146 Å². The van der Waals surface area contributed by atoms with Crippen molar-refractivity contribution in [3.05, 3.63) is 29.3 Å². The van der Waals surface area contributed by atoms with E-state index in [4.69, 9.17) is 15.2 Å². The van der Waals surface area contributed by atoms with Gasteiger partial charge in [0.15, 0.2) is 0 Å². The van der Waals surface area contributed by atoms with Gasteiger partial charge in [0.05, 0.1) is 0 Å². The number of carbonyl (C=O) groups excluding carboxylic acids is 1. The standard InChI is InChI=1S/C20H33NO3/c1-7-15(6)18(21)20(22)24-12-11-23-19-16(13(2)3)9-8-10-17(19)14(4)5/h8-10,13-15,18H,7,11-12,21H2,1-6H3/t15-,18-/m0/s1. The third kappa shape index (κ3) is 5.52. The number of ether oxygens (including phenoxy) is 2. The summed E-state index contributed by atoms with van der Waals surface area (Å²) in [5, 5.41) is 0. The van der Waals surface area contributed by atoms with E-state index >= 15 is 0 Å². The fourth-order valence-electron chi connectivity index (χ4n) is 2.52. The van der Waals surface area contributed by atoms with Crippen LogP contribution in [0.5, 0.6) is 5.75 Å². The molecule has 0 saturated heterocycles. The minimum atomic E-state index is -0.566. The lowest BCUT2D eigenvalue weighted by Crippen LogP contribution is -2.38. The van der Waals surface area contributed by atoms with Gasteiger partial charge in [0.25, 0.3) is 0 Å². The Morgan fingerprint density at radius 1 is 1.04 bits per heavy atom. The van der Waals surface area contributed by atoms with Crippen molar-refractivity contribution < 1.29 is 14.3 Å². The first-order valence-electron chi connectivity index (χ1n) is 8.97. The first-order chi connectivity index (χ1) is 11.3. The van der Waals surface area contributed by atoms with Gasteiger partial charge in [0.1, 0.15) is 25.0 Å². The number of carbonyl (C=O) groups is 1. The molecule has 1 aromatic rings. The SMILES string of the molecule is CC[C@H](C)[C@H](N)C(=O)OCCOc1c(C(C)C)cccc1C(C)C. The van der Waals surface area contributed by atoms with Gasteiger partial charge in [-0.1, -0.05) is 66.2 Å². The molecule has 0 aliphatic carbocycles. The van der Waals surface area contributed by atoms with Crippen LogP contribution in [0.3, 0.4) is 0 Å². The molecule has 0 unspecified atom stereocenters. The number of hydrogen-bond donors (Lipinski definition) is 1. The first-order valence-corrected chi connectivity index (χ1v) is 8.97. The minimum absolute atomic E-state index is 0.118. The number of esters is 1. The van der Waals surface area contributed by atoms with Crippen LogP contribution in [0.15, 0.2) is 18.2 Å². The van der Waals surface area contributed by atoms with Gasteiger partial charge < -0.3 is 15.2 Å². The molecule has 0 heterocycles. The molecule has 0 bridgehead atoms. The molecule has 0 radical (unpaired) electrons. The number of hydrogen-bond acceptors (Lipinski definition) is 4. The third-order valence-corrected chi connectivity index (χ3v) is 4.42. The highest BCUT2D eigenvalue weighted by molar-refractivity contribution is 5.75. The highest BCUT2D eigenvalue weighted by Crippen LogP contribution is 2.34. The van der Waals surface area contributed by atoms with Gasteiger partial charge in [-0.25, -0.2) is 0 Å². The van der Waals surface area contributed by atoms with Crippen LogP contribution in [-0.2, 0) is 9.53 Å². The molecule has 0 aliphatic rings. The molecular formula is C20H33NO3. The van der Waals surface area contributed by atoms with Crippen LogP contribution >= 0.6 is 0 Å². The van der Waals surface area contributed by atoms with Gasteiger partial charge in [-0.2, -0.15) is 0 Å². The van der Waals surface area contributed by atoms with E-state index in [1.165, 1.54) is 11.1 Å². The molecule has 1 rings (SSSR count). The summed E-state index contributed by atoms with van der Waals surface area (Å²) < 4.78 is 11.3. The van der Waals surface area contributed by atoms with Crippen LogP contribution in [-0.4, -0.2) is 25.2 Å². The highest BCUT2D eigenvalue weighted by Gasteiger charge is 2.21. The van der Waals surface area contributed by atoms with Gasteiger partial charge in [0, 0.05) is 0 Å². The fraction of sp³-hybridized carbons (Fsp3) is 0.650. The predicted octanol–water partition coefficient (Wildman–Crippen LogP) is 4.23. The Balaban J connectivity index is 2.66. The summed E-state index contributed by atoms with van der Waals surface area (Å²) in [5.74, 6) is 1.44. The lowest BCUT2D eigenvalue weighted by molar-refractivity contribution is -0.147. The second-order valence-corrected chi connectivity index (χ2v) is 7.00. The van der Waals surface area contributed by atoms with Crippen LogP contribution in [0, 0.1) is 5.92 Å². The Kier molecular flexibility index (Phi) is 8.26. The zero-order valence-corrected chi connectivity index (χ0v) is 16.0. The molecule has 0 saturated carbocycles. The van der Waals surface area contributed by atoms with Crippen LogP contribution in [0.4, 0.5) is 0 Å². The Hall–Kier alpha value is -1.55. The lowest BCUT2D eigenvalue weighted by atomic mass is 9.94. The minimum Gasteiger partial charge on any atom is -0.489 e. The molecule has 2 atom stereocenters. The van der Waals surface area contributed by atoms with E-state index in [1.807, 2.05) is 13.8 Å². The molecule has 24 heavy (non-hydrogen) atoms. The number of nitrogens with two attached hydrogens (primary N) is 1. The van der Waals surface area contributed by atoms with E-state index in [0.29, 0.717) is 18.4 Å². The molecule has 0 spiro atoms. The normalized spacial score (nSPS) is 13.9.